The zero-order valence-electron chi connectivity index (χ0n) is 11.4. The first-order chi connectivity index (χ1) is 10.7. The van der Waals surface area contributed by atoms with Crippen LogP contribution < -0.4 is 9.47 Å². The van der Waals surface area contributed by atoms with Crippen LogP contribution in [0.15, 0.2) is 47.3 Å². The predicted octanol–water partition coefficient (Wildman–Crippen LogP) is 4.84. The maximum atomic E-state index is 6.17. The van der Waals surface area contributed by atoms with Gasteiger partial charge in [-0.05, 0) is 18.2 Å². The first-order valence-electron chi connectivity index (χ1n) is 6.25. The Bertz CT molecular complexity index is 768. The Kier molecular flexibility index (Phi) is 4.18. The lowest BCUT2D eigenvalue weighted by atomic mass is 10.3. The quantitative estimate of drug-likeness (QED) is 0.637. The highest BCUT2D eigenvalue weighted by molar-refractivity contribution is 6.35. The number of hydrogen-bond donors (Lipinski definition) is 0. The fourth-order valence-electron chi connectivity index (χ4n) is 1.82. The molecule has 0 N–H and O–H groups in total. The molecule has 0 radical (unpaired) electrons. The first kappa shape index (κ1) is 14.7. The Hall–Kier alpha value is -2.24. The lowest BCUT2D eigenvalue weighted by molar-refractivity contribution is 0.378. The van der Waals surface area contributed by atoms with Gasteiger partial charge in [0.05, 0.1) is 18.9 Å². The molecule has 22 heavy (non-hydrogen) atoms. The summed E-state index contributed by atoms with van der Waals surface area (Å²) in [5.74, 6) is 1.54. The third-order valence-electron chi connectivity index (χ3n) is 2.84. The molecule has 2 heterocycles. The molecule has 0 saturated heterocycles. The molecule has 0 aliphatic heterocycles. The van der Waals surface area contributed by atoms with Crippen LogP contribution in [0.5, 0.6) is 17.2 Å². The average Bonchev–Trinajstić information content (AvgIpc) is 3.05. The van der Waals surface area contributed by atoms with Gasteiger partial charge < -0.3 is 13.9 Å². The molecule has 7 heteroatoms. The van der Waals surface area contributed by atoms with Gasteiger partial charge in [0.2, 0.25) is 5.75 Å². The van der Waals surface area contributed by atoms with Crippen LogP contribution in [0.4, 0.5) is 0 Å². The van der Waals surface area contributed by atoms with Gasteiger partial charge in [0.1, 0.15) is 6.26 Å². The summed E-state index contributed by atoms with van der Waals surface area (Å²) in [6.07, 6.45) is 3.02. The second kappa shape index (κ2) is 6.25. The number of furan rings is 1. The maximum Gasteiger partial charge on any atom is 0.202 e. The summed E-state index contributed by atoms with van der Waals surface area (Å²) < 4.78 is 15.9. The van der Waals surface area contributed by atoms with Crippen LogP contribution in [0.25, 0.3) is 11.4 Å². The van der Waals surface area contributed by atoms with Crippen molar-refractivity contribution in [1.82, 2.24) is 9.97 Å². The highest BCUT2D eigenvalue weighted by Gasteiger charge is 2.17. The van der Waals surface area contributed by atoms with Crippen molar-refractivity contribution >= 4 is 23.2 Å². The van der Waals surface area contributed by atoms with Crippen LogP contribution in [0, 0.1) is 0 Å². The van der Waals surface area contributed by atoms with Crippen molar-refractivity contribution in [1.29, 1.82) is 0 Å². The van der Waals surface area contributed by atoms with E-state index in [0.29, 0.717) is 22.9 Å². The molecule has 2 aromatic heterocycles. The lowest BCUT2D eigenvalue weighted by Gasteiger charge is -2.12. The minimum atomic E-state index is 0.0992. The topological polar surface area (TPSA) is 57.4 Å². The Balaban J connectivity index is 1.98. The highest BCUT2D eigenvalue weighted by Crippen LogP contribution is 2.38. The third kappa shape index (κ3) is 2.86. The largest absolute Gasteiger partial charge is 0.493 e. The normalized spacial score (nSPS) is 10.5. The van der Waals surface area contributed by atoms with Crippen molar-refractivity contribution in [2.24, 2.45) is 0 Å². The SMILES string of the molecule is COc1ccccc1Oc1c(Cl)nc(-c2ccoc2)nc1Cl. The molecule has 0 fully saturated rings. The highest BCUT2D eigenvalue weighted by atomic mass is 35.5. The molecular formula is C15H10Cl2N2O3. The number of para-hydroxylation sites is 2. The van der Waals surface area contributed by atoms with Crippen LogP contribution >= 0.6 is 23.2 Å². The van der Waals surface area contributed by atoms with E-state index in [1.807, 2.05) is 6.07 Å². The molecule has 0 aliphatic rings. The molecule has 3 rings (SSSR count). The molecular weight excluding hydrogens is 327 g/mol. The van der Waals surface area contributed by atoms with Gasteiger partial charge in [-0.2, -0.15) is 0 Å². The molecule has 0 spiro atoms. The summed E-state index contributed by atoms with van der Waals surface area (Å²) >= 11 is 12.3. The van der Waals surface area contributed by atoms with Crippen molar-refractivity contribution in [3.05, 3.63) is 53.2 Å². The molecule has 0 amide bonds. The Morgan fingerprint density at radius 3 is 2.27 bits per heavy atom. The van der Waals surface area contributed by atoms with Crippen molar-refractivity contribution in [2.75, 3.05) is 7.11 Å². The summed E-state index contributed by atoms with van der Waals surface area (Å²) in [6, 6.07) is 8.84. The number of methoxy groups -OCH3 is 1. The van der Waals surface area contributed by atoms with Crippen LogP contribution in [0.3, 0.4) is 0 Å². The number of ether oxygens (including phenoxy) is 2. The van der Waals surface area contributed by atoms with Crippen LogP contribution in [-0.2, 0) is 0 Å². The van der Waals surface area contributed by atoms with Crippen molar-refractivity contribution in [3.63, 3.8) is 0 Å². The number of rotatable bonds is 4. The molecule has 0 unspecified atom stereocenters. The molecule has 0 atom stereocenters. The van der Waals surface area contributed by atoms with Gasteiger partial charge >= 0.3 is 0 Å². The summed E-state index contributed by atoms with van der Waals surface area (Å²) in [5, 5.41) is 0.198. The monoisotopic (exact) mass is 336 g/mol. The number of hydrogen-bond acceptors (Lipinski definition) is 5. The lowest BCUT2D eigenvalue weighted by Crippen LogP contribution is -1.96. The van der Waals surface area contributed by atoms with Crippen molar-refractivity contribution in [2.45, 2.75) is 0 Å². The standard InChI is InChI=1S/C15H10Cl2N2O3/c1-20-10-4-2-3-5-11(10)22-12-13(16)18-15(19-14(12)17)9-6-7-21-8-9/h2-8H,1H3. The maximum absolute atomic E-state index is 6.17. The number of halogens is 2. The fourth-order valence-corrected chi connectivity index (χ4v) is 2.28. The predicted molar refractivity (Wildman–Crippen MR) is 82.8 cm³/mol. The minimum absolute atomic E-state index is 0.0992. The van der Waals surface area contributed by atoms with E-state index in [1.54, 1.807) is 31.4 Å². The van der Waals surface area contributed by atoms with Gasteiger partial charge in [-0.1, -0.05) is 35.3 Å². The smallest absolute Gasteiger partial charge is 0.202 e. The molecule has 5 nitrogen and oxygen atoms in total. The molecule has 0 saturated carbocycles. The van der Waals surface area contributed by atoms with E-state index in [0.717, 1.165) is 0 Å². The summed E-state index contributed by atoms with van der Waals surface area (Å²) in [7, 11) is 1.55. The zero-order valence-corrected chi connectivity index (χ0v) is 12.9. The van der Waals surface area contributed by atoms with E-state index >= 15 is 0 Å². The van der Waals surface area contributed by atoms with E-state index < -0.39 is 0 Å². The second-order valence-electron chi connectivity index (χ2n) is 4.22. The molecule has 0 aliphatic carbocycles. The Morgan fingerprint density at radius 2 is 1.68 bits per heavy atom. The van der Waals surface area contributed by atoms with Gasteiger partial charge in [0, 0.05) is 0 Å². The zero-order chi connectivity index (χ0) is 15.5. The van der Waals surface area contributed by atoms with Gasteiger partial charge in [-0.15, -0.1) is 0 Å². The van der Waals surface area contributed by atoms with Gasteiger partial charge in [0.15, 0.2) is 27.6 Å². The van der Waals surface area contributed by atoms with Crippen molar-refractivity contribution < 1.29 is 13.9 Å². The number of nitrogens with zero attached hydrogens (tertiary/aromatic N) is 2. The van der Waals surface area contributed by atoms with Gasteiger partial charge in [0.25, 0.3) is 0 Å². The molecule has 1 aromatic carbocycles. The van der Waals surface area contributed by atoms with E-state index in [2.05, 4.69) is 9.97 Å². The minimum Gasteiger partial charge on any atom is -0.493 e. The van der Waals surface area contributed by atoms with Crippen LogP contribution in [-0.4, -0.2) is 17.1 Å². The van der Waals surface area contributed by atoms with E-state index in [9.17, 15) is 0 Å². The van der Waals surface area contributed by atoms with E-state index in [-0.39, 0.29) is 16.1 Å². The summed E-state index contributed by atoms with van der Waals surface area (Å²) in [4.78, 5) is 8.34. The third-order valence-corrected chi connectivity index (χ3v) is 3.36. The van der Waals surface area contributed by atoms with Crippen molar-refractivity contribution in [3.8, 4) is 28.6 Å². The molecule has 112 valence electrons. The van der Waals surface area contributed by atoms with E-state index in [1.165, 1.54) is 12.5 Å². The van der Waals surface area contributed by atoms with Gasteiger partial charge in [-0.3, -0.25) is 0 Å². The van der Waals surface area contributed by atoms with E-state index in [4.69, 9.17) is 37.1 Å². The summed E-state index contributed by atoms with van der Waals surface area (Å²) in [5.41, 5.74) is 0.674. The molecule has 3 aromatic rings. The molecule has 0 bridgehead atoms. The number of aromatic nitrogens is 2. The summed E-state index contributed by atoms with van der Waals surface area (Å²) in [6.45, 7) is 0. The van der Waals surface area contributed by atoms with Gasteiger partial charge in [-0.25, -0.2) is 9.97 Å². The Morgan fingerprint density at radius 1 is 1.00 bits per heavy atom. The first-order valence-corrected chi connectivity index (χ1v) is 7.01. The van der Waals surface area contributed by atoms with Crippen LogP contribution in [0.2, 0.25) is 10.3 Å². The Labute approximate surface area is 136 Å². The van der Waals surface area contributed by atoms with Crippen LogP contribution in [0.1, 0.15) is 0 Å². The average molecular weight is 337 g/mol. The fraction of sp³-hybridized carbons (Fsp3) is 0.0667. The second-order valence-corrected chi connectivity index (χ2v) is 4.94. The number of benzene rings is 1.